The summed E-state index contributed by atoms with van der Waals surface area (Å²) in [6.07, 6.45) is 0. The largest absolute Gasteiger partial charge is 0.456 e. The second kappa shape index (κ2) is 5.54. The van der Waals surface area contributed by atoms with E-state index in [1.165, 1.54) is 0 Å². The predicted octanol–water partition coefficient (Wildman–Crippen LogP) is 3.76. The Labute approximate surface area is 118 Å². The minimum atomic E-state index is -0.343. The summed E-state index contributed by atoms with van der Waals surface area (Å²) >= 11 is 4.90. The van der Waals surface area contributed by atoms with Crippen molar-refractivity contribution in [2.24, 2.45) is 0 Å². The molecule has 0 spiro atoms. The van der Waals surface area contributed by atoms with Gasteiger partial charge in [0.25, 0.3) is 0 Å². The lowest BCUT2D eigenvalue weighted by Gasteiger charge is -2.07. The van der Waals surface area contributed by atoms with Crippen LogP contribution in [0.1, 0.15) is 20.8 Å². The number of benzene rings is 1. The molecule has 0 radical (unpaired) electrons. The van der Waals surface area contributed by atoms with Gasteiger partial charge < -0.3 is 10.5 Å². The summed E-state index contributed by atoms with van der Waals surface area (Å²) < 4.78 is 6.26. The molecule has 2 rings (SSSR count). The molecule has 0 saturated carbocycles. The SMILES string of the molecule is Cc1c(N)cccc1C(=O)OCc1cc(Br)cs1. The fourth-order valence-electron chi connectivity index (χ4n) is 1.52. The highest BCUT2D eigenvalue weighted by atomic mass is 79.9. The average Bonchev–Trinajstić information content (AvgIpc) is 2.76. The molecule has 1 aromatic carbocycles. The maximum absolute atomic E-state index is 11.9. The minimum Gasteiger partial charge on any atom is -0.456 e. The van der Waals surface area contributed by atoms with Gasteiger partial charge in [0.15, 0.2) is 0 Å². The average molecular weight is 326 g/mol. The van der Waals surface area contributed by atoms with Gasteiger partial charge in [0.1, 0.15) is 6.61 Å². The molecule has 18 heavy (non-hydrogen) atoms. The Hall–Kier alpha value is -1.33. The first-order valence-electron chi connectivity index (χ1n) is 5.33. The van der Waals surface area contributed by atoms with Gasteiger partial charge in [-0.2, -0.15) is 0 Å². The molecule has 0 unspecified atom stereocenters. The van der Waals surface area contributed by atoms with Gasteiger partial charge in [-0.05, 0) is 46.6 Å². The molecule has 0 aliphatic carbocycles. The van der Waals surface area contributed by atoms with Crippen LogP contribution in [0.4, 0.5) is 5.69 Å². The lowest BCUT2D eigenvalue weighted by molar-refractivity contribution is 0.0476. The number of nitrogen functional groups attached to an aromatic ring is 1. The van der Waals surface area contributed by atoms with Crippen LogP contribution in [0.15, 0.2) is 34.1 Å². The molecule has 0 bridgehead atoms. The topological polar surface area (TPSA) is 52.3 Å². The van der Waals surface area contributed by atoms with Gasteiger partial charge in [-0.25, -0.2) is 4.79 Å². The second-order valence-electron chi connectivity index (χ2n) is 3.83. The number of ether oxygens (including phenoxy) is 1. The van der Waals surface area contributed by atoms with Crippen LogP contribution in [-0.4, -0.2) is 5.97 Å². The third kappa shape index (κ3) is 2.91. The molecule has 5 heteroatoms. The molecular formula is C13H12BrNO2S. The van der Waals surface area contributed by atoms with Gasteiger partial charge >= 0.3 is 5.97 Å². The molecule has 94 valence electrons. The lowest BCUT2D eigenvalue weighted by Crippen LogP contribution is -2.07. The highest BCUT2D eigenvalue weighted by Crippen LogP contribution is 2.21. The van der Waals surface area contributed by atoms with Gasteiger partial charge in [-0.1, -0.05) is 6.07 Å². The monoisotopic (exact) mass is 325 g/mol. The Balaban J connectivity index is 2.06. The summed E-state index contributed by atoms with van der Waals surface area (Å²) in [4.78, 5) is 12.9. The van der Waals surface area contributed by atoms with Crippen LogP contribution < -0.4 is 5.73 Å². The number of thiophene rings is 1. The molecule has 0 aliphatic heterocycles. The number of hydrogen-bond acceptors (Lipinski definition) is 4. The number of rotatable bonds is 3. The number of carbonyl (C=O) groups is 1. The maximum Gasteiger partial charge on any atom is 0.338 e. The highest BCUT2D eigenvalue weighted by Gasteiger charge is 2.12. The standard InChI is InChI=1S/C13H12BrNO2S/c1-8-11(3-2-4-12(8)15)13(16)17-6-10-5-9(14)7-18-10/h2-5,7H,6,15H2,1H3. The third-order valence-corrected chi connectivity index (χ3v) is 4.23. The number of carbonyl (C=O) groups excluding carboxylic acids is 1. The van der Waals surface area contributed by atoms with Crippen LogP contribution in [-0.2, 0) is 11.3 Å². The first-order valence-corrected chi connectivity index (χ1v) is 7.00. The Morgan fingerprint density at radius 2 is 2.28 bits per heavy atom. The second-order valence-corrected chi connectivity index (χ2v) is 5.74. The minimum absolute atomic E-state index is 0.281. The van der Waals surface area contributed by atoms with E-state index in [0.717, 1.165) is 14.9 Å². The van der Waals surface area contributed by atoms with Gasteiger partial charge in [-0.3, -0.25) is 0 Å². The van der Waals surface area contributed by atoms with Crippen molar-refractivity contribution in [1.82, 2.24) is 0 Å². The van der Waals surface area contributed by atoms with E-state index in [-0.39, 0.29) is 12.6 Å². The molecule has 0 saturated heterocycles. The van der Waals surface area contributed by atoms with Crippen LogP contribution in [0.25, 0.3) is 0 Å². The van der Waals surface area contributed by atoms with Crippen molar-refractivity contribution in [2.45, 2.75) is 13.5 Å². The van der Waals surface area contributed by atoms with Crippen LogP contribution in [0.2, 0.25) is 0 Å². The zero-order valence-electron chi connectivity index (χ0n) is 9.77. The van der Waals surface area contributed by atoms with Gasteiger partial charge in [0.05, 0.1) is 5.56 Å². The lowest BCUT2D eigenvalue weighted by atomic mass is 10.1. The summed E-state index contributed by atoms with van der Waals surface area (Å²) in [5.41, 5.74) is 7.64. The molecule has 1 heterocycles. The van der Waals surface area contributed by atoms with Crippen LogP contribution >= 0.6 is 27.3 Å². The Kier molecular flexibility index (Phi) is 4.04. The molecule has 0 amide bonds. The van der Waals surface area contributed by atoms with Crippen molar-refractivity contribution < 1.29 is 9.53 Å². The van der Waals surface area contributed by atoms with Gasteiger partial charge in [0.2, 0.25) is 0 Å². The fraction of sp³-hybridized carbons (Fsp3) is 0.154. The number of nitrogens with two attached hydrogens (primary N) is 1. The Morgan fingerprint density at radius 1 is 1.50 bits per heavy atom. The molecule has 0 fully saturated rings. The number of halogens is 1. The summed E-state index contributed by atoms with van der Waals surface area (Å²) in [6.45, 7) is 2.09. The predicted molar refractivity (Wildman–Crippen MR) is 76.7 cm³/mol. The van der Waals surface area contributed by atoms with E-state index in [9.17, 15) is 4.79 Å². The molecule has 2 N–H and O–H groups in total. The van der Waals surface area contributed by atoms with Crippen LogP contribution in [0, 0.1) is 6.92 Å². The van der Waals surface area contributed by atoms with Gasteiger partial charge in [0, 0.05) is 20.4 Å². The summed E-state index contributed by atoms with van der Waals surface area (Å²) in [6, 6.07) is 7.17. The highest BCUT2D eigenvalue weighted by molar-refractivity contribution is 9.10. The van der Waals surface area contributed by atoms with E-state index in [1.54, 1.807) is 29.5 Å². The van der Waals surface area contributed by atoms with Crippen molar-refractivity contribution in [3.63, 3.8) is 0 Å². The first-order chi connectivity index (χ1) is 8.58. The maximum atomic E-state index is 11.9. The molecule has 2 aromatic rings. The van der Waals surface area contributed by atoms with E-state index < -0.39 is 0 Å². The van der Waals surface area contributed by atoms with Crippen molar-refractivity contribution in [2.75, 3.05) is 5.73 Å². The smallest absolute Gasteiger partial charge is 0.338 e. The fourth-order valence-corrected chi connectivity index (χ4v) is 2.88. The van der Waals surface area contributed by atoms with Crippen molar-refractivity contribution >= 4 is 38.9 Å². The van der Waals surface area contributed by atoms with Crippen molar-refractivity contribution in [3.8, 4) is 0 Å². The molecule has 0 aliphatic rings. The molecule has 0 atom stereocenters. The Morgan fingerprint density at radius 3 is 2.94 bits per heavy atom. The van der Waals surface area contributed by atoms with E-state index in [0.29, 0.717) is 11.3 Å². The van der Waals surface area contributed by atoms with E-state index in [4.69, 9.17) is 10.5 Å². The zero-order chi connectivity index (χ0) is 13.1. The summed E-state index contributed by atoms with van der Waals surface area (Å²) in [5, 5.41) is 1.95. The van der Waals surface area contributed by atoms with Crippen molar-refractivity contribution in [1.29, 1.82) is 0 Å². The van der Waals surface area contributed by atoms with Crippen LogP contribution in [0.3, 0.4) is 0 Å². The summed E-state index contributed by atoms with van der Waals surface area (Å²) in [5.74, 6) is -0.343. The van der Waals surface area contributed by atoms with E-state index in [1.807, 2.05) is 18.4 Å². The normalized spacial score (nSPS) is 10.3. The molecular weight excluding hydrogens is 314 g/mol. The summed E-state index contributed by atoms with van der Waals surface area (Å²) in [7, 11) is 0. The van der Waals surface area contributed by atoms with E-state index in [2.05, 4.69) is 15.9 Å². The number of anilines is 1. The zero-order valence-corrected chi connectivity index (χ0v) is 12.2. The Bertz CT molecular complexity index is 580. The molecule has 1 aromatic heterocycles. The molecule has 3 nitrogen and oxygen atoms in total. The van der Waals surface area contributed by atoms with Crippen molar-refractivity contribution in [3.05, 3.63) is 50.1 Å². The van der Waals surface area contributed by atoms with Crippen LogP contribution in [0.5, 0.6) is 0 Å². The van der Waals surface area contributed by atoms with Gasteiger partial charge in [-0.15, -0.1) is 11.3 Å². The quantitative estimate of drug-likeness (QED) is 0.690. The van der Waals surface area contributed by atoms with E-state index >= 15 is 0 Å². The number of esters is 1. The number of hydrogen-bond donors (Lipinski definition) is 1. The third-order valence-electron chi connectivity index (χ3n) is 2.56. The first kappa shape index (κ1) is 13.1.